The lowest BCUT2D eigenvalue weighted by Gasteiger charge is -2.24. The number of amides is 2. The molecule has 0 aliphatic carbocycles. The van der Waals surface area contributed by atoms with Gasteiger partial charge in [-0.25, -0.2) is 4.79 Å². The van der Waals surface area contributed by atoms with Gasteiger partial charge in [-0.1, -0.05) is 54.6 Å². The predicted octanol–water partition coefficient (Wildman–Crippen LogP) is 2.94. The summed E-state index contributed by atoms with van der Waals surface area (Å²) in [6.45, 7) is 2.17. The summed E-state index contributed by atoms with van der Waals surface area (Å²) in [4.78, 5) is 16.4. The first-order valence-electron chi connectivity index (χ1n) is 8.18. The topological polar surface area (TPSA) is 74.2 Å². The van der Waals surface area contributed by atoms with E-state index in [0.717, 1.165) is 22.0 Å². The lowest BCUT2D eigenvalue weighted by atomic mass is 9.96. The number of hydrogen-bond donors (Lipinski definition) is 3. The molecule has 3 aromatic rings. The second-order valence-corrected chi connectivity index (χ2v) is 6.17. The van der Waals surface area contributed by atoms with E-state index in [0.29, 0.717) is 6.54 Å². The molecule has 0 saturated carbocycles. The third-order valence-electron chi connectivity index (χ3n) is 4.14. The number of nitrogens with one attached hydrogen (secondary N) is 2. The minimum Gasteiger partial charge on any atom is -0.384 e. The molecule has 2 aromatic carbocycles. The fourth-order valence-electron chi connectivity index (χ4n) is 2.70. The van der Waals surface area contributed by atoms with Crippen LogP contribution in [0.3, 0.4) is 0 Å². The summed E-state index contributed by atoms with van der Waals surface area (Å²) in [5.74, 6) is 0. The number of rotatable bonds is 5. The van der Waals surface area contributed by atoms with Gasteiger partial charge in [-0.15, -0.1) is 0 Å². The standard InChI is InChI=1S/C20H21N3O2/c1-20(25,17-10-3-2-4-11-17)14-23-19(24)22-13-16-8-5-7-15-9-6-12-21-18(15)16/h2-12,25H,13-14H2,1H3,(H2,22,23,24)/t20-/m1/s1. The molecule has 0 fully saturated rings. The van der Waals surface area contributed by atoms with Crippen LogP contribution in [0.15, 0.2) is 66.9 Å². The lowest BCUT2D eigenvalue weighted by Crippen LogP contribution is -2.43. The van der Waals surface area contributed by atoms with Crippen LogP contribution in [0.5, 0.6) is 0 Å². The van der Waals surface area contributed by atoms with E-state index in [1.165, 1.54) is 0 Å². The molecule has 5 nitrogen and oxygen atoms in total. The molecule has 0 spiro atoms. The van der Waals surface area contributed by atoms with Gasteiger partial charge in [-0.3, -0.25) is 4.98 Å². The van der Waals surface area contributed by atoms with Gasteiger partial charge in [0.2, 0.25) is 0 Å². The highest BCUT2D eigenvalue weighted by Gasteiger charge is 2.23. The minimum absolute atomic E-state index is 0.122. The van der Waals surface area contributed by atoms with Gasteiger partial charge in [-0.2, -0.15) is 0 Å². The molecule has 0 bridgehead atoms. The quantitative estimate of drug-likeness (QED) is 0.671. The van der Waals surface area contributed by atoms with E-state index in [2.05, 4.69) is 15.6 Å². The van der Waals surface area contributed by atoms with Crippen molar-refractivity contribution in [3.63, 3.8) is 0 Å². The van der Waals surface area contributed by atoms with Crippen molar-refractivity contribution >= 4 is 16.9 Å². The highest BCUT2D eigenvalue weighted by atomic mass is 16.3. The van der Waals surface area contributed by atoms with Crippen molar-refractivity contribution < 1.29 is 9.90 Å². The van der Waals surface area contributed by atoms with Crippen LogP contribution in [0, 0.1) is 0 Å². The van der Waals surface area contributed by atoms with Crippen LogP contribution in [0.4, 0.5) is 4.79 Å². The Morgan fingerprint density at radius 3 is 2.60 bits per heavy atom. The summed E-state index contributed by atoms with van der Waals surface area (Å²) in [6, 6.07) is 18.7. The van der Waals surface area contributed by atoms with Crippen molar-refractivity contribution in [1.29, 1.82) is 0 Å². The summed E-state index contributed by atoms with van der Waals surface area (Å²) >= 11 is 0. The SMILES string of the molecule is C[C@@](O)(CNC(=O)NCc1cccc2cccnc12)c1ccccc1. The van der Waals surface area contributed by atoms with Crippen molar-refractivity contribution in [2.45, 2.75) is 19.1 Å². The number of benzene rings is 2. The van der Waals surface area contributed by atoms with Crippen LogP contribution in [0.1, 0.15) is 18.1 Å². The fraction of sp³-hybridized carbons (Fsp3) is 0.200. The molecule has 0 aliphatic heterocycles. The van der Waals surface area contributed by atoms with E-state index in [9.17, 15) is 9.90 Å². The molecule has 3 rings (SSSR count). The zero-order valence-corrected chi connectivity index (χ0v) is 14.1. The number of pyridine rings is 1. The largest absolute Gasteiger partial charge is 0.384 e. The molecule has 0 unspecified atom stereocenters. The first-order chi connectivity index (χ1) is 12.1. The molecular formula is C20H21N3O2. The zero-order chi connectivity index (χ0) is 17.7. The van der Waals surface area contributed by atoms with E-state index in [1.54, 1.807) is 13.1 Å². The summed E-state index contributed by atoms with van der Waals surface area (Å²) < 4.78 is 0. The lowest BCUT2D eigenvalue weighted by molar-refractivity contribution is 0.0594. The van der Waals surface area contributed by atoms with E-state index in [1.807, 2.05) is 60.7 Å². The molecule has 128 valence electrons. The predicted molar refractivity (Wildman–Crippen MR) is 98.0 cm³/mol. The molecule has 3 N–H and O–H groups in total. The molecule has 1 heterocycles. The van der Waals surface area contributed by atoms with Crippen LogP contribution in [0.2, 0.25) is 0 Å². The normalized spacial score (nSPS) is 13.2. The Kier molecular flexibility index (Phi) is 4.95. The van der Waals surface area contributed by atoms with Crippen LogP contribution in [-0.2, 0) is 12.1 Å². The molecule has 1 atom stereocenters. The first kappa shape index (κ1) is 16.9. The van der Waals surface area contributed by atoms with Crippen molar-refractivity contribution in [3.05, 3.63) is 78.0 Å². The Bertz CT molecular complexity index is 858. The van der Waals surface area contributed by atoms with Crippen LogP contribution >= 0.6 is 0 Å². The third kappa shape index (κ3) is 4.14. The van der Waals surface area contributed by atoms with Crippen LogP contribution < -0.4 is 10.6 Å². The molecule has 2 amide bonds. The van der Waals surface area contributed by atoms with Gasteiger partial charge >= 0.3 is 6.03 Å². The monoisotopic (exact) mass is 335 g/mol. The Hall–Kier alpha value is -2.92. The first-order valence-corrected chi connectivity index (χ1v) is 8.18. The van der Waals surface area contributed by atoms with Gasteiger partial charge in [0.25, 0.3) is 0 Å². The van der Waals surface area contributed by atoms with Crippen molar-refractivity contribution in [2.75, 3.05) is 6.54 Å². The summed E-state index contributed by atoms with van der Waals surface area (Å²) in [6.07, 6.45) is 1.74. The number of aromatic nitrogens is 1. The van der Waals surface area contributed by atoms with Gasteiger partial charge in [0.05, 0.1) is 12.1 Å². The van der Waals surface area contributed by atoms with Crippen LogP contribution in [0.25, 0.3) is 10.9 Å². The van der Waals surface area contributed by atoms with Gasteiger partial charge in [-0.05, 0) is 24.1 Å². The molecule has 0 aliphatic rings. The second kappa shape index (κ2) is 7.32. The second-order valence-electron chi connectivity index (χ2n) is 6.17. The fourth-order valence-corrected chi connectivity index (χ4v) is 2.70. The number of aliphatic hydroxyl groups is 1. The Morgan fingerprint density at radius 2 is 1.80 bits per heavy atom. The van der Waals surface area contributed by atoms with Crippen molar-refractivity contribution in [3.8, 4) is 0 Å². The number of hydrogen-bond acceptors (Lipinski definition) is 3. The molecular weight excluding hydrogens is 314 g/mol. The number of para-hydroxylation sites is 1. The van der Waals surface area contributed by atoms with E-state index in [4.69, 9.17) is 0 Å². The molecule has 5 heteroatoms. The summed E-state index contributed by atoms with van der Waals surface area (Å²) in [5, 5.41) is 17.1. The highest BCUT2D eigenvalue weighted by molar-refractivity contribution is 5.82. The number of nitrogens with zero attached hydrogens (tertiary/aromatic N) is 1. The van der Waals surface area contributed by atoms with Crippen LogP contribution in [-0.4, -0.2) is 22.7 Å². The molecule has 1 aromatic heterocycles. The highest BCUT2D eigenvalue weighted by Crippen LogP contribution is 2.19. The zero-order valence-electron chi connectivity index (χ0n) is 14.1. The summed E-state index contributed by atoms with van der Waals surface area (Å²) in [5.41, 5.74) is 1.46. The summed E-state index contributed by atoms with van der Waals surface area (Å²) in [7, 11) is 0. The van der Waals surface area contributed by atoms with E-state index < -0.39 is 5.60 Å². The molecule has 0 saturated heterocycles. The number of carbonyl (C=O) groups is 1. The molecule has 0 radical (unpaired) electrons. The minimum atomic E-state index is -1.13. The van der Waals surface area contributed by atoms with Gasteiger partial charge in [0.1, 0.15) is 5.60 Å². The van der Waals surface area contributed by atoms with Gasteiger partial charge in [0, 0.05) is 18.1 Å². The smallest absolute Gasteiger partial charge is 0.315 e. The Labute approximate surface area is 146 Å². The average molecular weight is 335 g/mol. The molecule has 25 heavy (non-hydrogen) atoms. The van der Waals surface area contributed by atoms with E-state index >= 15 is 0 Å². The number of carbonyl (C=O) groups excluding carboxylic acids is 1. The van der Waals surface area contributed by atoms with Crippen molar-refractivity contribution in [2.24, 2.45) is 0 Å². The maximum absolute atomic E-state index is 12.1. The maximum Gasteiger partial charge on any atom is 0.315 e. The Balaban J connectivity index is 1.58. The van der Waals surface area contributed by atoms with E-state index in [-0.39, 0.29) is 12.6 Å². The Morgan fingerprint density at radius 1 is 1.04 bits per heavy atom. The van der Waals surface area contributed by atoms with Gasteiger partial charge in [0.15, 0.2) is 0 Å². The number of fused-ring (bicyclic) bond motifs is 1. The maximum atomic E-state index is 12.1. The third-order valence-corrected chi connectivity index (χ3v) is 4.14. The average Bonchev–Trinajstić information content (AvgIpc) is 2.65. The van der Waals surface area contributed by atoms with Gasteiger partial charge < -0.3 is 15.7 Å². The number of urea groups is 1. The van der Waals surface area contributed by atoms with Crippen molar-refractivity contribution in [1.82, 2.24) is 15.6 Å².